The second-order valence-electron chi connectivity index (χ2n) is 23.1. The molecule has 18 nitrogen and oxygen atoms in total. The first-order chi connectivity index (χ1) is 40.4. The molecule has 0 spiro atoms. The molecule has 4 saturated heterocycles. The highest BCUT2D eigenvalue weighted by Gasteiger charge is 2.38. The quantitative estimate of drug-likeness (QED) is 0.0626. The highest BCUT2D eigenvalue weighted by atomic mass is 35.5. The third kappa shape index (κ3) is 11.7. The van der Waals surface area contributed by atoms with E-state index in [4.69, 9.17) is 35.8 Å². The van der Waals surface area contributed by atoms with Gasteiger partial charge in [-0.25, -0.2) is 9.07 Å². The summed E-state index contributed by atoms with van der Waals surface area (Å²) < 4.78 is 37.2. The fourth-order valence-electron chi connectivity index (χ4n) is 12.5. The Morgan fingerprint density at radius 2 is 1.70 bits per heavy atom. The Hall–Kier alpha value is -7.58. The van der Waals surface area contributed by atoms with Crippen LogP contribution in [0.2, 0.25) is 5.02 Å². The van der Waals surface area contributed by atoms with E-state index in [-0.39, 0.29) is 55.0 Å². The molecule has 5 aliphatic rings. The van der Waals surface area contributed by atoms with Gasteiger partial charge in [-0.1, -0.05) is 79.2 Å². The van der Waals surface area contributed by atoms with Crippen molar-refractivity contribution in [1.29, 1.82) is 0 Å². The minimum atomic E-state index is -0.427. The number of amides is 2. The van der Waals surface area contributed by atoms with Crippen LogP contribution in [0.25, 0.3) is 55.3 Å². The maximum absolute atomic E-state index is 16.0. The minimum absolute atomic E-state index is 0.0485. The van der Waals surface area contributed by atoms with Gasteiger partial charge < -0.3 is 39.8 Å². The van der Waals surface area contributed by atoms with E-state index in [0.29, 0.717) is 70.8 Å². The Kier molecular flexibility index (Phi) is 16.4. The van der Waals surface area contributed by atoms with Crippen molar-refractivity contribution in [1.82, 2.24) is 55.7 Å². The van der Waals surface area contributed by atoms with Gasteiger partial charge in [0.15, 0.2) is 5.75 Å². The van der Waals surface area contributed by atoms with E-state index in [9.17, 15) is 14.7 Å². The zero-order chi connectivity index (χ0) is 57.3. The van der Waals surface area contributed by atoms with Crippen LogP contribution in [0.1, 0.15) is 112 Å². The van der Waals surface area contributed by atoms with Crippen LogP contribution >= 0.6 is 11.6 Å². The van der Waals surface area contributed by atoms with E-state index >= 15 is 4.39 Å². The number of nitrogens with zero attached hydrogens (tertiary/aromatic N) is 9. The van der Waals surface area contributed by atoms with Crippen LogP contribution in [0, 0.1) is 18.7 Å². The molecule has 0 radical (unpaired) electrons. The molecule has 4 aromatic carbocycles. The number of nitrogens with one attached hydrogen (secondary N) is 3. The molecule has 5 atom stereocenters. The number of fused-ring (bicyclic) bond motifs is 4. The number of ether oxygens (including phenoxy) is 3. The molecule has 1 aliphatic carbocycles. The summed E-state index contributed by atoms with van der Waals surface area (Å²) in [6.45, 7) is 11.9. The van der Waals surface area contributed by atoms with E-state index in [2.05, 4.69) is 67.9 Å². The van der Waals surface area contributed by atoms with Gasteiger partial charge in [0.25, 0.3) is 0 Å². The number of aromatic nitrogens is 8. The Morgan fingerprint density at radius 3 is 2.39 bits per heavy atom. The molecule has 2 bridgehead atoms. The SMILES string of the molecule is Cc1c(F)cc2[nH]ncc2c1-c1c(C2CC2)cc2c(N3CC4CCC(C3)N4)nc(OC3CCOCC3)nc2c1OCc1ccc(-c2cn(C(C(=O)N3CCCC3C)C(C)C)nn2)cc1.O=CNC(CO)c1ccc(-c2ccncc2Cl)cc1. The number of H-pyrrole nitrogens is 1. The molecule has 8 aromatic rings. The molecular formula is C63H70ClFN12O6. The molecule has 20 heteroatoms. The molecule has 13 rings (SSSR count). The Labute approximate surface area is 486 Å². The largest absolute Gasteiger partial charge is 0.486 e. The number of anilines is 1. The van der Waals surface area contributed by atoms with Crippen LogP contribution in [0.5, 0.6) is 11.8 Å². The molecule has 5 fully saturated rings. The van der Waals surface area contributed by atoms with Gasteiger partial charge in [0.2, 0.25) is 12.3 Å². The topological polar surface area (TPSA) is 211 Å². The number of aromatic amines is 1. The summed E-state index contributed by atoms with van der Waals surface area (Å²) >= 11 is 6.08. The van der Waals surface area contributed by atoms with E-state index in [1.54, 1.807) is 23.3 Å². The number of aliphatic hydroxyl groups excluding tert-OH is 1. The normalized spacial score (nSPS) is 19.7. The summed E-state index contributed by atoms with van der Waals surface area (Å²) in [6.07, 6.45) is 15.3. The number of carbonyl (C=O) groups is 2. The maximum Gasteiger partial charge on any atom is 0.319 e. The van der Waals surface area contributed by atoms with Crippen molar-refractivity contribution < 1.29 is 33.3 Å². The number of piperazine rings is 1. The highest BCUT2D eigenvalue weighted by Crippen LogP contribution is 2.53. The van der Waals surface area contributed by atoms with E-state index < -0.39 is 6.04 Å². The van der Waals surface area contributed by atoms with Crippen molar-refractivity contribution in [2.75, 3.05) is 44.4 Å². The van der Waals surface area contributed by atoms with E-state index in [1.807, 2.05) is 72.6 Å². The van der Waals surface area contributed by atoms with Gasteiger partial charge in [-0.2, -0.15) is 15.1 Å². The predicted octanol–water partition coefficient (Wildman–Crippen LogP) is 10.2. The van der Waals surface area contributed by atoms with Crippen LogP contribution in [0.4, 0.5) is 10.2 Å². The molecule has 432 valence electrons. The first-order valence-corrected chi connectivity index (χ1v) is 29.5. The number of hydrogen-bond donors (Lipinski definition) is 4. The molecule has 4 N–H and O–H groups in total. The third-order valence-electron chi connectivity index (χ3n) is 17.1. The van der Waals surface area contributed by atoms with Gasteiger partial charge in [-0.15, -0.1) is 5.10 Å². The predicted molar refractivity (Wildman–Crippen MR) is 316 cm³/mol. The summed E-state index contributed by atoms with van der Waals surface area (Å²) in [5.41, 5.74) is 9.69. The molecule has 4 aliphatic heterocycles. The third-order valence-corrected chi connectivity index (χ3v) is 17.4. The fraction of sp³-hybridized carbons (Fsp3) is 0.429. The van der Waals surface area contributed by atoms with E-state index in [1.165, 1.54) is 6.07 Å². The van der Waals surface area contributed by atoms with Crippen molar-refractivity contribution >= 4 is 51.5 Å². The number of halogens is 2. The smallest absolute Gasteiger partial charge is 0.319 e. The lowest BCUT2D eigenvalue weighted by Crippen LogP contribution is -2.51. The van der Waals surface area contributed by atoms with Crippen LogP contribution in [-0.2, 0) is 20.9 Å². The van der Waals surface area contributed by atoms with Gasteiger partial charge in [0, 0.05) is 96.0 Å². The fourth-order valence-corrected chi connectivity index (χ4v) is 12.7. The Bertz CT molecular complexity index is 3610. The number of carbonyl (C=O) groups excluding carboxylic acids is 2. The monoisotopic (exact) mass is 1140 g/mol. The molecule has 1 saturated carbocycles. The van der Waals surface area contributed by atoms with Crippen LogP contribution in [0.15, 0.2) is 91.5 Å². The number of likely N-dealkylation sites (tertiary alicyclic amines) is 1. The number of rotatable bonds is 17. The van der Waals surface area contributed by atoms with Gasteiger partial charge in [-0.05, 0) is 110 Å². The van der Waals surface area contributed by atoms with Crippen LogP contribution in [-0.4, -0.2) is 126 Å². The van der Waals surface area contributed by atoms with Crippen molar-refractivity contribution in [3.63, 3.8) is 0 Å². The summed E-state index contributed by atoms with van der Waals surface area (Å²) in [7, 11) is 0. The van der Waals surface area contributed by atoms with Crippen LogP contribution < -0.4 is 25.0 Å². The first-order valence-electron chi connectivity index (χ1n) is 29.1. The molecular weight excluding hydrogens is 1080 g/mol. The molecule has 83 heavy (non-hydrogen) atoms. The van der Waals surface area contributed by atoms with E-state index in [0.717, 1.165) is 132 Å². The molecule has 5 unspecified atom stereocenters. The average molecular weight is 1150 g/mol. The lowest BCUT2D eigenvalue weighted by atomic mass is 9.88. The Morgan fingerprint density at radius 1 is 0.940 bits per heavy atom. The van der Waals surface area contributed by atoms with Crippen molar-refractivity contribution in [3.05, 3.63) is 125 Å². The summed E-state index contributed by atoms with van der Waals surface area (Å²) in [6, 6.07) is 21.7. The molecule has 8 heterocycles. The second-order valence-corrected chi connectivity index (χ2v) is 23.5. The number of hydrogen-bond acceptors (Lipinski definition) is 14. The maximum atomic E-state index is 16.0. The van der Waals surface area contributed by atoms with Crippen molar-refractivity contribution in [2.24, 2.45) is 5.92 Å². The summed E-state index contributed by atoms with van der Waals surface area (Å²) in [5, 5.41) is 34.2. The average Bonchev–Trinajstić information content (AvgIpc) is 3.26. The molecule has 2 amide bonds. The standard InChI is InChI=1S/C49H57FN10O4.C14H13ClN2O2/c1-27(2)45(48(61)59-17-5-6-28(59)3)60-25-41(56-57-60)32-9-7-30(8-10-32)26-63-46-43(42-29(4)39(50)21-40-38(42)22-51-55-40)36(31-11-12-31)20-37-44(46)53-49(64-35-15-18-62-19-16-35)54-47(37)58-23-33-13-14-34(24-58)52-33;15-13-7-16-6-5-12(13)10-1-3-11(4-2-10)14(8-18)17-9-19/h7-10,20-22,25,27-28,31,33-35,45,52H,5-6,11-19,23-24,26H2,1-4H3,(H,51,55);1-7,9,14,18H,8H2,(H,17,19). The number of aliphatic hydroxyl groups is 1. The van der Waals surface area contributed by atoms with Gasteiger partial charge in [0.1, 0.15) is 41.6 Å². The van der Waals surface area contributed by atoms with Crippen molar-refractivity contribution in [2.45, 2.75) is 128 Å². The van der Waals surface area contributed by atoms with Gasteiger partial charge in [-0.3, -0.25) is 19.7 Å². The summed E-state index contributed by atoms with van der Waals surface area (Å²) in [4.78, 5) is 43.0. The second kappa shape index (κ2) is 24.3. The first kappa shape index (κ1) is 55.9. The van der Waals surface area contributed by atoms with Crippen molar-refractivity contribution in [3.8, 4) is 45.3 Å². The molecule has 4 aromatic heterocycles. The lowest BCUT2D eigenvalue weighted by Gasteiger charge is -2.35. The Balaban J connectivity index is 0.000000304. The summed E-state index contributed by atoms with van der Waals surface area (Å²) in [5.74, 6) is 1.54. The van der Waals surface area contributed by atoms with Gasteiger partial charge >= 0.3 is 6.01 Å². The minimum Gasteiger partial charge on any atom is -0.486 e. The zero-order valence-electron chi connectivity index (χ0n) is 47.2. The number of benzene rings is 4. The highest BCUT2D eigenvalue weighted by molar-refractivity contribution is 6.33. The van der Waals surface area contributed by atoms with Gasteiger partial charge in [0.05, 0.1) is 48.8 Å². The number of pyridine rings is 1. The van der Waals surface area contributed by atoms with Crippen LogP contribution in [0.3, 0.4) is 0 Å². The lowest BCUT2D eigenvalue weighted by molar-refractivity contribution is -0.137. The zero-order valence-corrected chi connectivity index (χ0v) is 48.0.